The first kappa shape index (κ1) is 15.1. The predicted octanol–water partition coefficient (Wildman–Crippen LogP) is 1.82. The van der Waals surface area contributed by atoms with E-state index in [1.165, 1.54) is 12.1 Å². The summed E-state index contributed by atoms with van der Waals surface area (Å²) in [6.45, 7) is 1.19. The molecule has 1 aliphatic carbocycles. The molecule has 6 heteroatoms. The van der Waals surface area contributed by atoms with Gasteiger partial charge in [0.25, 0.3) is 0 Å². The Bertz CT molecular complexity index is 516. The van der Waals surface area contributed by atoms with Gasteiger partial charge in [-0.2, -0.15) is 0 Å². The second-order valence-electron chi connectivity index (χ2n) is 5.54. The van der Waals surface area contributed by atoms with Gasteiger partial charge in [0.1, 0.15) is 5.82 Å². The zero-order valence-electron chi connectivity index (χ0n) is 12.0. The van der Waals surface area contributed by atoms with Crippen molar-refractivity contribution in [1.29, 1.82) is 0 Å². The molecule has 21 heavy (non-hydrogen) atoms. The lowest BCUT2D eigenvalue weighted by Gasteiger charge is -2.40. The molecule has 0 radical (unpaired) electrons. The third-order valence-corrected chi connectivity index (χ3v) is 6.08. The van der Waals surface area contributed by atoms with Crippen molar-refractivity contribution >= 4 is 10.8 Å². The number of nitrogens with one attached hydrogen (secondary N) is 1. The molecule has 0 aromatic heterocycles. The molecule has 1 aliphatic heterocycles. The average molecular weight is 313 g/mol. The first-order chi connectivity index (χ1) is 10.1. The molecule has 2 fully saturated rings. The van der Waals surface area contributed by atoms with E-state index in [-0.39, 0.29) is 17.1 Å². The lowest BCUT2D eigenvalue weighted by Crippen LogP contribution is -2.51. The monoisotopic (exact) mass is 313 g/mol. The summed E-state index contributed by atoms with van der Waals surface area (Å²) in [6.07, 6.45) is 2.27. The van der Waals surface area contributed by atoms with Crippen LogP contribution < -0.4 is 5.32 Å². The van der Waals surface area contributed by atoms with Gasteiger partial charge in [-0.25, -0.2) is 4.39 Å². The fourth-order valence-corrected chi connectivity index (χ4v) is 4.90. The van der Waals surface area contributed by atoms with Gasteiger partial charge in [-0.05, 0) is 37.7 Å². The van der Waals surface area contributed by atoms with Crippen LogP contribution in [0.15, 0.2) is 29.2 Å². The number of rotatable bonds is 3. The summed E-state index contributed by atoms with van der Waals surface area (Å²) in [5.74, 6) is -0.892. The Balaban J connectivity index is 1.82. The van der Waals surface area contributed by atoms with E-state index in [1.54, 1.807) is 12.1 Å². The molecule has 3 unspecified atom stereocenters. The molecule has 116 valence electrons. The zero-order chi connectivity index (χ0) is 14.9. The Hall–Kier alpha value is -0.820. The van der Waals surface area contributed by atoms with Crippen LogP contribution >= 0.6 is 0 Å². The Kier molecular flexibility index (Phi) is 4.40. The number of benzene rings is 1. The maximum Gasteiger partial charge on any atom is 0.169 e. The topological polar surface area (TPSA) is 47.6 Å². The minimum atomic E-state index is -1.22. The molecule has 1 heterocycles. The number of halogens is 1. The van der Waals surface area contributed by atoms with Crippen molar-refractivity contribution in [3.05, 3.63) is 30.1 Å². The lowest BCUT2D eigenvalue weighted by atomic mass is 9.89. The third-order valence-electron chi connectivity index (χ3n) is 4.30. The summed E-state index contributed by atoms with van der Waals surface area (Å²) in [7, 11) is 0.664. The minimum Gasteiger partial charge on any atom is -0.347 e. The van der Waals surface area contributed by atoms with Crippen molar-refractivity contribution in [1.82, 2.24) is 5.32 Å². The number of hydrogen-bond acceptors (Lipinski definition) is 4. The molecule has 3 atom stereocenters. The van der Waals surface area contributed by atoms with Crippen LogP contribution in [0.5, 0.6) is 0 Å². The van der Waals surface area contributed by atoms with Gasteiger partial charge in [0, 0.05) is 23.8 Å². The van der Waals surface area contributed by atoms with Crippen LogP contribution in [0.3, 0.4) is 0 Å². The summed E-state index contributed by atoms with van der Waals surface area (Å²) >= 11 is 0. The van der Waals surface area contributed by atoms with Crippen molar-refractivity contribution in [3.8, 4) is 0 Å². The van der Waals surface area contributed by atoms with Crippen LogP contribution in [0.1, 0.15) is 19.3 Å². The van der Waals surface area contributed by atoms with Gasteiger partial charge in [0.05, 0.1) is 29.3 Å². The Morgan fingerprint density at radius 3 is 2.57 bits per heavy atom. The van der Waals surface area contributed by atoms with Crippen LogP contribution in [0.4, 0.5) is 4.39 Å². The van der Waals surface area contributed by atoms with Gasteiger partial charge >= 0.3 is 0 Å². The Morgan fingerprint density at radius 1 is 1.29 bits per heavy atom. The van der Waals surface area contributed by atoms with Gasteiger partial charge < -0.3 is 14.8 Å². The maximum absolute atomic E-state index is 13.0. The van der Waals surface area contributed by atoms with Crippen molar-refractivity contribution in [3.63, 3.8) is 0 Å². The molecule has 1 spiro atoms. The SMILES string of the molecule is CNC1CCC2(CC1S(=O)c1ccc(F)cc1)OCCO2. The van der Waals surface area contributed by atoms with Crippen molar-refractivity contribution in [2.75, 3.05) is 20.3 Å². The van der Waals surface area contributed by atoms with Crippen LogP contribution in [0.25, 0.3) is 0 Å². The molecule has 1 aromatic carbocycles. The molecule has 4 nitrogen and oxygen atoms in total. The number of hydrogen-bond donors (Lipinski definition) is 1. The normalized spacial score (nSPS) is 29.6. The minimum absolute atomic E-state index is 0.104. The lowest BCUT2D eigenvalue weighted by molar-refractivity contribution is -0.178. The molecular weight excluding hydrogens is 293 g/mol. The summed E-state index contributed by atoms with van der Waals surface area (Å²) in [5.41, 5.74) is 0. The van der Waals surface area contributed by atoms with E-state index in [1.807, 2.05) is 7.05 Å². The van der Waals surface area contributed by atoms with Crippen LogP contribution in [-0.4, -0.2) is 41.5 Å². The highest BCUT2D eigenvalue weighted by Crippen LogP contribution is 2.38. The molecule has 0 bridgehead atoms. The summed E-state index contributed by atoms with van der Waals surface area (Å²) in [5, 5.41) is 3.14. The second-order valence-corrected chi connectivity index (χ2v) is 7.21. The highest BCUT2D eigenvalue weighted by molar-refractivity contribution is 7.85. The molecule has 3 rings (SSSR count). The first-order valence-electron chi connectivity index (χ1n) is 7.25. The summed E-state index contributed by atoms with van der Waals surface area (Å²) < 4.78 is 37.4. The Labute approximate surface area is 126 Å². The molecular formula is C15H20FNO3S. The van der Waals surface area contributed by atoms with Crippen LogP contribution in [0.2, 0.25) is 0 Å². The zero-order valence-corrected chi connectivity index (χ0v) is 12.8. The highest BCUT2D eigenvalue weighted by atomic mass is 32.2. The van der Waals surface area contributed by atoms with E-state index >= 15 is 0 Å². The Morgan fingerprint density at radius 2 is 1.95 bits per heavy atom. The van der Waals surface area contributed by atoms with Gasteiger partial charge in [-0.1, -0.05) is 0 Å². The van der Waals surface area contributed by atoms with Gasteiger partial charge in [-0.15, -0.1) is 0 Å². The standard InChI is InChI=1S/C15H20FNO3S/c1-17-13-6-7-15(19-8-9-20-15)10-14(13)21(18)12-4-2-11(16)3-5-12/h2-5,13-14,17H,6-10H2,1H3. The second kappa shape index (κ2) is 6.12. The van der Waals surface area contributed by atoms with E-state index in [0.717, 1.165) is 12.8 Å². The summed E-state index contributed by atoms with van der Waals surface area (Å²) in [6, 6.07) is 6.03. The number of ether oxygens (including phenoxy) is 2. The van der Waals surface area contributed by atoms with E-state index in [9.17, 15) is 8.60 Å². The third kappa shape index (κ3) is 3.04. The molecule has 1 aromatic rings. The summed E-state index contributed by atoms with van der Waals surface area (Å²) in [4.78, 5) is 0.650. The average Bonchev–Trinajstić information content (AvgIpc) is 2.95. The largest absolute Gasteiger partial charge is 0.347 e. The van der Waals surface area contributed by atoms with E-state index < -0.39 is 16.6 Å². The fraction of sp³-hybridized carbons (Fsp3) is 0.600. The van der Waals surface area contributed by atoms with Crippen LogP contribution in [-0.2, 0) is 20.3 Å². The van der Waals surface area contributed by atoms with Crippen molar-refractivity contribution in [2.24, 2.45) is 0 Å². The quantitative estimate of drug-likeness (QED) is 0.925. The van der Waals surface area contributed by atoms with Crippen LogP contribution in [0, 0.1) is 5.82 Å². The smallest absolute Gasteiger partial charge is 0.169 e. The van der Waals surface area contributed by atoms with Crippen molar-refractivity contribution < 1.29 is 18.1 Å². The van der Waals surface area contributed by atoms with E-state index in [4.69, 9.17) is 9.47 Å². The first-order valence-corrected chi connectivity index (χ1v) is 8.46. The molecule has 1 N–H and O–H groups in total. The van der Waals surface area contributed by atoms with Gasteiger partial charge in [0.15, 0.2) is 5.79 Å². The molecule has 0 amide bonds. The molecule has 2 aliphatic rings. The fourth-order valence-electron chi connectivity index (χ4n) is 3.17. The van der Waals surface area contributed by atoms with Gasteiger partial charge in [0.2, 0.25) is 0 Å². The predicted molar refractivity (Wildman–Crippen MR) is 77.9 cm³/mol. The molecule has 1 saturated heterocycles. The van der Waals surface area contributed by atoms with E-state index in [2.05, 4.69) is 5.32 Å². The van der Waals surface area contributed by atoms with E-state index in [0.29, 0.717) is 24.5 Å². The van der Waals surface area contributed by atoms with Crippen molar-refractivity contribution in [2.45, 2.75) is 41.2 Å². The molecule has 1 saturated carbocycles. The highest BCUT2D eigenvalue weighted by Gasteiger charge is 2.46. The maximum atomic E-state index is 13.0. The van der Waals surface area contributed by atoms with Gasteiger partial charge in [-0.3, -0.25) is 4.21 Å².